The molecule has 3 heterocycles. The molecule has 4 rings (SSSR count). The average Bonchev–Trinajstić information content (AvgIpc) is 3.26. The predicted molar refractivity (Wildman–Crippen MR) is 120 cm³/mol. The summed E-state index contributed by atoms with van der Waals surface area (Å²) in [6.07, 6.45) is 2.08. The molecule has 9 heteroatoms. The van der Waals surface area contributed by atoms with E-state index in [0.29, 0.717) is 32.7 Å². The number of carbonyl (C=O) groups excluding carboxylic acids is 1. The van der Waals surface area contributed by atoms with Crippen LogP contribution in [0.5, 0.6) is 0 Å². The molecule has 32 heavy (non-hydrogen) atoms. The number of benzene rings is 1. The van der Waals surface area contributed by atoms with Crippen molar-refractivity contribution in [2.45, 2.75) is 43.2 Å². The SMILES string of the molecule is Cc1ccc(C(CNC(=O)C2CCCCN2S(=O)(=O)c2ccccc2)N2CCOCC2)o1. The molecule has 1 N–H and O–H groups in total. The molecule has 1 amide bonds. The third-order valence-corrected chi connectivity index (χ3v) is 8.07. The van der Waals surface area contributed by atoms with E-state index < -0.39 is 16.1 Å². The molecule has 0 spiro atoms. The largest absolute Gasteiger partial charge is 0.465 e. The third-order valence-electron chi connectivity index (χ3n) is 6.15. The molecular weight excluding hydrogens is 430 g/mol. The first-order chi connectivity index (χ1) is 15.5. The molecule has 1 aromatic carbocycles. The highest BCUT2D eigenvalue weighted by Crippen LogP contribution is 2.27. The molecular formula is C23H31N3O5S. The van der Waals surface area contributed by atoms with Crippen LogP contribution in [0, 0.1) is 6.92 Å². The molecule has 174 valence electrons. The first kappa shape index (κ1) is 23.0. The molecule has 0 bridgehead atoms. The molecule has 2 unspecified atom stereocenters. The quantitative estimate of drug-likeness (QED) is 0.680. The smallest absolute Gasteiger partial charge is 0.243 e. The van der Waals surface area contributed by atoms with E-state index in [1.54, 1.807) is 30.3 Å². The van der Waals surface area contributed by atoms with Crippen LogP contribution in [0.15, 0.2) is 51.8 Å². The minimum Gasteiger partial charge on any atom is -0.465 e. The van der Waals surface area contributed by atoms with Crippen molar-refractivity contribution < 1.29 is 22.4 Å². The number of nitrogens with one attached hydrogen (secondary N) is 1. The van der Waals surface area contributed by atoms with E-state index in [9.17, 15) is 13.2 Å². The Morgan fingerprint density at radius 2 is 1.84 bits per heavy atom. The van der Waals surface area contributed by atoms with Gasteiger partial charge in [0.25, 0.3) is 0 Å². The Kier molecular flexibility index (Phi) is 7.30. The molecule has 8 nitrogen and oxygen atoms in total. The average molecular weight is 462 g/mol. The maximum atomic E-state index is 13.2. The lowest BCUT2D eigenvalue weighted by atomic mass is 10.0. The summed E-state index contributed by atoms with van der Waals surface area (Å²) >= 11 is 0. The summed E-state index contributed by atoms with van der Waals surface area (Å²) in [7, 11) is -3.74. The second kappa shape index (κ2) is 10.2. The van der Waals surface area contributed by atoms with Crippen LogP contribution in [0.2, 0.25) is 0 Å². The summed E-state index contributed by atoms with van der Waals surface area (Å²) in [6, 6.07) is 11.3. The van der Waals surface area contributed by atoms with Crippen LogP contribution in [0.1, 0.15) is 36.8 Å². The number of rotatable bonds is 7. The number of carbonyl (C=O) groups is 1. The van der Waals surface area contributed by atoms with Crippen molar-refractivity contribution >= 4 is 15.9 Å². The van der Waals surface area contributed by atoms with E-state index >= 15 is 0 Å². The number of nitrogens with zero attached hydrogens (tertiary/aromatic N) is 2. The zero-order valence-corrected chi connectivity index (χ0v) is 19.2. The summed E-state index contributed by atoms with van der Waals surface area (Å²) in [4.78, 5) is 15.7. The molecule has 0 aliphatic carbocycles. The maximum Gasteiger partial charge on any atom is 0.243 e. The van der Waals surface area contributed by atoms with E-state index in [1.165, 1.54) is 4.31 Å². The van der Waals surface area contributed by atoms with Crippen LogP contribution in [0.3, 0.4) is 0 Å². The number of sulfonamides is 1. The van der Waals surface area contributed by atoms with Crippen LogP contribution in [0.4, 0.5) is 0 Å². The van der Waals surface area contributed by atoms with E-state index in [-0.39, 0.29) is 16.8 Å². The highest BCUT2D eigenvalue weighted by atomic mass is 32.2. The normalized spacial score (nSPS) is 21.8. The fourth-order valence-electron chi connectivity index (χ4n) is 4.43. The molecule has 2 aliphatic rings. The third kappa shape index (κ3) is 5.06. The summed E-state index contributed by atoms with van der Waals surface area (Å²) in [6.45, 7) is 5.36. The number of ether oxygens (including phenoxy) is 1. The molecule has 0 radical (unpaired) electrons. The Bertz CT molecular complexity index is 1000. The summed E-state index contributed by atoms with van der Waals surface area (Å²) in [5, 5.41) is 3.02. The van der Waals surface area contributed by atoms with Gasteiger partial charge in [0, 0.05) is 26.2 Å². The molecule has 2 atom stereocenters. The number of morpholine rings is 1. The highest BCUT2D eigenvalue weighted by Gasteiger charge is 2.38. The lowest BCUT2D eigenvalue weighted by Gasteiger charge is -2.36. The molecule has 2 aromatic rings. The van der Waals surface area contributed by atoms with E-state index in [1.807, 2.05) is 19.1 Å². The van der Waals surface area contributed by atoms with E-state index in [4.69, 9.17) is 9.15 Å². The molecule has 1 aromatic heterocycles. The zero-order chi connectivity index (χ0) is 22.6. The summed E-state index contributed by atoms with van der Waals surface area (Å²) < 4.78 is 39.1. The van der Waals surface area contributed by atoms with Crippen LogP contribution in [-0.4, -0.2) is 69.0 Å². The van der Waals surface area contributed by atoms with Gasteiger partial charge in [-0.3, -0.25) is 9.69 Å². The zero-order valence-electron chi connectivity index (χ0n) is 18.4. The van der Waals surface area contributed by atoms with Gasteiger partial charge in [-0.05, 0) is 44.0 Å². The van der Waals surface area contributed by atoms with Crippen LogP contribution in [0.25, 0.3) is 0 Å². The van der Waals surface area contributed by atoms with Gasteiger partial charge in [0.05, 0.1) is 24.2 Å². The van der Waals surface area contributed by atoms with Crippen LogP contribution < -0.4 is 5.32 Å². The van der Waals surface area contributed by atoms with Crippen molar-refractivity contribution in [2.75, 3.05) is 39.4 Å². The number of aryl methyl sites for hydroxylation is 1. The molecule has 2 saturated heterocycles. The Morgan fingerprint density at radius 3 is 2.53 bits per heavy atom. The molecule has 2 aliphatic heterocycles. The lowest BCUT2D eigenvalue weighted by Crippen LogP contribution is -2.53. The fraction of sp³-hybridized carbons (Fsp3) is 0.522. The van der Waals surface area contributed by atoms with Crippen molar-refractivity contribution in [1.29, 1.82) is 0 Å². The van der Waals surface area contributed by atoms with E-state index in [2.05, 4.69) is 10.2 Å². The van der Waals surface area contributed by atoms with Crippen molar-refractivity contribution in [3.05, 3.63) is 54.0 Å². The second-order valence-electron chi connectivity index (χ2n) is 8.30. The van der Waals surface area contributed by atoms with Gasteiger partial charge < -0.3 is 14.5 Å². The number of furan rings is 1. The van der Waals surface area contributed by atoms with Gasteiger partial charge in [0.1, 0.15) is 17.6 Å². The van der Waals surface area contributed by atoms with Crippen molar-refractivity contribution in [2.24, 2.45) is 0 Å². The van der Waals surface area contributed by atoms with Gasteiger partial charge in [0.15, 0.2) is 0 Å². The standard InChI is InChI=1S/C23H31N3O5S/c1-18-10-11-22(31-18)21(25-13-15-30-16-14-25)17-24-23(27)20-9-5-6-12-26(20)32(28,29)19-7-3-2-4-8-19/h2-4,7-8,10-11,20-21H,5-6,9,12-17H2,1H3,(H,24,27). The van der Waals surface area contributed by atoms with Gasteiger partial charge in [-0.25, -0.2) is 8.42 Å². The van der Waals surface area contributed by atoms with Crippen molar-refractivity contribution in [1.82, 2.24) is 14.5 Å². The Hall–Kier alpha value is -2.20. The predicted octanol–water partition coefficient (Wildman–Crippen LogP) is 2.32. The number of amides is 1. The van der Waals surface area contributed by atoms with E-state index in [0.717, 1.165) is 37.5 Å². The Balaban J connectivity index is 1.49. The van der Waals surface area contributed by atoms with Gasteiger partial charge in [-0.1, -0.05) is 24.6 Å². The highest BCUT2D eigenvalue weighted by molar-refractivity contribution is 7.89. The first-order valence-corrected chi connectivity index (χ1v) is 12.6. The fourth-order valence-corrected chi connectivity index (χ4v) is 6.11. The summed E-state index contributed by atoms with van der Waals surface area (Å²) in [5.74, 6) is 1.35. The first-order valence-electron chi connectivity index (χ1n) is 11.2. The van der Waals surface area contributed by atoms with Gasteiger partial charge in [-0.2, -0.15) is 4.31 Å². The Labute approximate surface area is 189 Å². The maximum absolute atomic E-state index is 13.2. The Morgan fingerprint density at radius 1 is 1.09 bits per heavy atom. The molecule has 0 saturated carbocycles. The van der Waals surface area contributed by atoms with Crippen molar-refractivity contribution in [3.8, 4) is 0 Å². The second-order valence-corrected chi connectivity index (χ2v) is 10.2. The minimum absolute atomic E-state index is 0.126. The van der Waals surface area contributed by atoms with Crippen molar-refractivity contribution in [3.63, 3.8) is 0 Å². The minimum atomic E-state index is -3.74. The number of piperidine rings is 1. The van der Waals surface area contributed by atoms with Crippen LogP contribution in [-0.2, 0) is 19.6 Å². The monoisotopic (exact) mass is 461 g/mol. The van der Waals surface area contributed by atoms with Gasteiger partial charge in [-0.15, -0.1) is 0 Å². The molecule has 2 fully saturated rings. The number of hydrogen-bond donors (Lipinski definition) is 1. The topological polar surface area (TPSA) is 92.1 Å². The van der Waals surface area contributed by atoms with Gasteiger partial charge >= 0.3 is 0 Å². The summed E-state index contributed by atoms with van der Waals surface area (Å²) in [5.41, 5.74) is 0. The van der Waals surface area contributed by atoms with Gasteiger partial charge in [0.2, 0.25) is 15.9 Å². The van der Waals surface area contributed by atoms with Crippen LogP contribution >= 0.6 is 0 Å². The number of hydrogen-bond acceptors (Lipinski definition) is 6. The lowest BCUT2D eigenvalue weighted by molar-refractivity contribution is -0.126.